The molecule has 0 radical (unpaired) electrons. The van der Waals surface area contributed by atoms with E-state index in [9.17, 15) is 0 Å². The zero-order chi connectivity index (χ0) is 8.15. The second-order valence-corrected chi connectivity index (χ2v) is 2.31. The van der Waals surface area contributed by atoms with E-state index in [0.717, 1.165) is 5.71 Å². The molecule has 0 aromatic heterocycles. The van der Waals surface area contributed by atoms with Crippen LogP contribution in [-0.4, -0.2) is 17.3 Å². The molecule has 1 N–H and O–H groups in total. The summed E-state index contributed by atoms with van der Waals surface area (Å²) in [6, 6.07) is 0. The highest BCUT2D eigenvalue weighted by atomic mass is 32.1. The zero-order valence-electron chi connectivity index (χ0n) is 6.34. The Bertz CT molecular complexity index is 189. The minimum Gasteiger partial charge on any atom is -0.302 e. The van der Waals surface area contributed by atoms with Crippen LogP contribution in [0.2, 0.25) is 0 Å². The molecule has 0 aliphatic carbocycles. The van der Waals surface area contributed by atoms with Crippen LogP contribution in [0.25, 0.3) is 0 Å². The third-order valence-corrected chi connectivity index (χ3v) is 0.949. The molecule has 0 aliphatic rings. The number of hydrogen-bond acceptors (Lipinski definition) is 3. The highest BCUT2D eigenvalue weighted by Gasteiger charge is 1.96. The van der Waals surface area contributed by atoms with Gasteiger partial charge in [-0.25, -0.2) is 4.99 Å². The molecule has 0 aromatic carbocycles. The van der Waals surface area contributed by atoms with Crippen molar-refractivity contribution in [2.45, 2.75) is 20.8 Å². The van der Waals surface area contributed by atoms with E-state index in [1.807, 2.05) is 13.8 Å². The molecule has 56 valence electrons. The summed E-state index contributed by atoms with van der Waals surface area (Å²) in [7, 11) is 0. The van der Waals surface area contributed by atoms with Crippen molar-refractivity contribution < 1.29 is 0 Å². The lowest BCUT2D eigenvalue weighted by Crippen LogP contribution is -2.06. The summed E-state index contributed by atoms with van der Waals surface area (Å²) in [4.78, 5) is 3.96. The van der Waals surface area contributed by atoms with Crippen molar-refractivity contribution in [2.24, 2.45) is 9.39 Å². The molecular formula is C6H11N3S. The second kappa shape index (κ2) is 4.22. The Morgan fingerprint density at radius 1 is 1.30 bits per heavy atom. The van der Waals surface area contributed by atoms with Crippen LogP contribution in [-0.2, 0) is 0 Å². The van der Waals surface area contributed by atoms with Crippen LogP contribution >= 0.6 is 12.8 Å². The lowest BCUT2D eigenvalue weighted by molar-refractivity contribution is 1.48. The third kappa shape index (κ3) is 3.40. The van der Waals surface area contributed by atoms with E-state index < -0.39 is 0 Å². The van der Waals surface area contributed by atoms with Gasteiger partial charge >= 0.3 is 0 Å². The number of aliphatic imine (C=N–C) groups is 1. The van der Waals surface area contributed by atoms with Crippen LogP contribution in [0.1, 0.15) is 20.8 Å². The number of nitrogens with one attached hydrogen (secondary N) is 1. The van der Waals surface area contributed by atoms with Gasteiger partial charge in [0.15, 0.2) is 5.84 Å². The monoisotopic (exact) mass is 157 g/mol. The average Bonchev–Trinajstić information content (AvgIpc) is 1.81. The van der Waals surface area contributed by atoms with Gasteiger partial charge in [0.25, 0.3) is 0 Å². The van der Waals surface area contributed by atoms with Crippen LogP contribution in [0.3, 0.4) is 0 Å². The molecule has 0 spiro atoms. The largest absolute Gasteiger partial charge is 0.302 e. The molecule has 10 heavy (non-hydrogen) atoms. The Morgan fingerprint density at radius 3 is 1.90 bits per heavy atom. The van der Waals surface area contributed by atoms with Gasteiger partial charge in [-0.2, -0.15) is 4.40 Å². The van der Waals surface area contributed by atoms with Gasteiger partial charge in [0.2, 0.25) is 0 Å². The van der Waals surface area contributed by atoms with Gasteiger partial charge in [-0.05, 0) is 33.6 Å². The van der Waals surface area contributed by atoms with Crippen molar-refractivity contribution >= 4 is 30.1 Å². The van der Waals surface area contributed by atoms with E-state index in [-0.39, 0.29) is 0 Å². The quantitative estimate of drug-likeness (QED) is 0.331. The Kier molecular flexibility index (Phi) is 3.95. The molecule has 0 aliphatic heterocycles. The fraction of sp³-hybridized carbons (Fsp3) is 0.500. The SMILES string of the molecule is CC(=N)C(N=C(C)C)=NS. The summed E-state index contributed by atoms with van der Waals surface area (Å²) in [5.74, 6) is 0.378. The lowest BCUT2D eigenvalue weighted by Gasteiger charge is -1.94. The van der Waals surface area contributed by atoms with E-state index in [1.165, 1.54) is 0 Å². The molecule has 0 atom stereocenters. The number of thiol groups is 1. The summed E-state index contributed by atoms with van der Waals surface area (Å²) in [5, 5.41) is 7.16. The fourth-order valence-electron chi connectivity index (χ4n) is 0.393. The van der Waals surface area contributed by atoms with Crippen LogP contribution in [0.15, 0.2) is 9.39 Å². The van der Waals surface area contributed by atoms with E-state index in [0.29, 0.717) is 11.5 Å². The summed E-state index contributed by atoms with van der Waals surface area (Å²) < 4.78 is 3.53. The Morgan fingerprint density at radius 2 is 1.80 bits per heavy atom. The molecule has 0 amide bonds. The molecule has 0 fully saturated rings. The smallest absolute Gasteiger partial charge is 0.180 e. The topological polar surface area (TPSA) is 48.6 Å². The molecule has 0 aromatic rings. The number of nitrogens with zero attached hydrogens (tertiary/aromatic N) is 2. The first-order chi connectivity index (χ1) is 4.57. The number of amidine groups is 1. The highest BCUT2D eigenvalue weighted by Crippen LogP contribution is 1.89. The van der Waals surface area contributed by atoms with Gasteiger partial charge in [0, 0.05) is 5.71 Å². The highest BCUT2D eigenvalue weighted by molar-refractivity contribution is 7.79. The molecule has 0 saturated carbocycles. The summed E-state index contributed by atoms with van der Waals surface area (Å²) >= 11 is 3.67. The molecule has 3 nitrogen and oxygen atoms in total. The summed E-state index contributed by atoms with van der Waals surface area (Å²) in [5.41, 5.74) is 1.20. The minimum atomic E-state index is 0.330. The summed E-state index contributed by atoms with van der Waals surface area (Å²) in [6.07, 6.45) is 0. The molecule has 0 unspecified atom stereocenters. The Balaban J connectivity index is 4.42. The van der Waals surface area contributed by atoms with Crippen molar-refractivity contribution in [2.75, 3.05) is 0 Å². The maximum atomic E-state index is 7.16. The first-order valence-corrected chi connectivity index (χ1v) is 3.27. The van der Waals surface area contributed by atoms with E-state index in [2.05, 4.69) is 22.2 Å². The van der Waals surface area contributed by atoms with E-state index >= 15 is 0 Å². The molecular weight excluding hydrogens is 146 g/mol. The number of rotatable bonds is 1. The van der Waals surface area contributed by atoms with Crippen LogP contribution in [0.4, 0.5) is 0 Å². The standard InChI is InChI=1S/C6H11N3S/c1-4(2)8-6(9-10)5(3)7/h7,10H,1-3H3. The normalized spacial score (nSPS) is 11.0. The predicted octanol–water partition coefficient (Wildman–Crippen LogP) is 1.75. The number of hydrogen-bond donors (Lipinski definition) is 2. The fourth-order valence-corrected chi connectivity index (χ4v) is 0.588. The Hall–Kier alpha value is -0.640. The van der Waals surface area contributed by atoms with Gasteiger partial charge in [-0.1, -0.05) is 0 Å². The molecule has 0 bridgehead atoms. The van der Waals surface area contributed by atoms with Gasteiger partial charge < -0.3 is 5.41 Å². The molecule has 0 rings (SSSR count). The van der Waals surface area contributed by atoms with Crippen LogP contribution in [0.5, 0.6) is 0 Å². The van der Waals surface area contributed by atoms with Crippen molar-refractivity contribution in [3.63, 3.8) is 0 Å². The van der Waals surface area contributed by atoms with Gasteiger partial charge in [0.1, 0.15) is 0 Å². The zero-order valence-corrected chi connectivity index (χ0v) is 7.24. The van der Waals surface area contributed by atoms with Crippen LogP contribution in [0, 0.1) is 5.41 Å². The van der Waals surface area contributed by atoms with Crippen molar-refractivity contribution in [1.29, 1.82) is 5.41 Å². The minimum absolute atomic E-state index is 0.330. The first-order valence-electron chi connectivity index (χ1n) is 2.87. The Labute approximate surface area is 66.3 Å². The van der Waals surface area contributed by atoms with Gasteiger partial charge in [0.05, 0.1) is 5.71 Å². The van der Waals surface area contributed by atoms with Crippen LogP contribution < -0.4 is 0 Å². The van der Waals surface area contributed by atoms with E-state index in [4.69, 9.17) is 5.41 Å². The van der Waals surface area contributed by atoms with Gasteiger partial charge in [-0.15, -0.1) is 0 Å². The van der Waals surface area contributed by atoms with E-state index in [1.54, 1.807) is 6.92 Å². The third-order valence-electron chi connectivity index (χ3n) is 0.760. The summed E-state index contributed by atoms with van der Waals surface area (Å²) in [6.45, 7) is 5.32. The van der Waals surface area contributed by atoms with Crippen molar-refractivity contribution in [3.8, 4) is 0 Å². The van der Waals surface area contributed by atoms with Crippen molar-refractivity contribution in [3.05, 3.63) is 0 Å². The predicted molar refractivity (Wildman–Crippen MR) is 48.6 cm³/mol. The lowest BCUT2D eigenvalue weighted by atomic mass is 10.4. The molecule has 0 heterocycles. The van der Waals surface area contributed by atoms with Crippen molar-refractivity contribution in [1.82, 2.24) is 0 Å². The van der Waals surface area contributed by atoms with Gasteiger partial charge in [-0.3, -0.25) is 0 Å². The maximum Gasteiger partial charge on any atom is 0.180 e. The molecule has 0 saturated heterocycles. The average molecular weight is 157 g/mol. The molecule has 4 heteroatoms. The maximum absolute atomic E-state index is 7.16. The second-order valence-electron chi connectivity index (χ2n) is 2.11. The first kappa shape index (κ1) is 9.36.